The Bertz CT molecular complexity index is 1230. The predicted molar refractivity (Wildman–Crippen MR) is 132 cm³/mol. The largest absolute Gasteiger partial charge is 0.321 e. The summed E-state index contributed by atoms with van der Waals surface area (Å²) in [4.78, 5) is 40.6. The van der Waals surface area contributed by atoms with Crippen LogP contribution in [0.1, 0.15) is 39.2 Å². The number of benzene rings is 2. The van der Waals surface area contributed by atoms with Crippen molar-refractivity contribution in [2.75, 3.05) is 16.8 Å². The Labute approximate surface area is 196 Å². The van der Waals surface area contributed by atoms with Crippen molar-refractivity contribution in [2.24, 2.45) is 0 Å². The molecule has 1 aromatic heterocycles. The number of hydrogen-bond acceptors (Lipinski definition) is 4. The quantitative estimate of drug-likeness (QED) is 0.515. The van der Waals surface area contributed by atoms with Crippen molar-refractivity contribution in [1.82, 2.24) is 5.32 Å². The third kappa shape index (κ3) is 5.38. The third-order valence-electron chi connectivity index (χ3n) is 5.42. The minimum absolute atomic E-state index is 0.120. The fourth-order valence-electron chi connectivity index (χ4n) is 3.79. The van der Waals surface area contributed by atoms with Gasteiger partial charge in [0, 0.05) is 34.8 Å². The van der Waals surface area contributed by atoms with Gasteiger partial charge in [0.05, 0.1) is 0 Å². The molecule has 0 spiro atoms. The van der Waals surface area contributed by atoms with Crippen molar-refractivity contribution >= 4 is 46.5 Å². The molecule has 3 amide bonds. The zero-order chi connectivity index (χ0) is 23.4. The highest BCUT2D eigenvalue weighted by atomic mass is 32.1. The molecule has 1 aliphatic heterocycles. The Morgan fingerprint density at radius 1 is 1.06 bits per heavy atom. The van der Waals surface area contributed by atoms with E-state index in [9.17, 15) is 14.4 Å². The molecule has 7 heteroatoms. The molecule has 1 fully saturated rings. The van der Waals surface area contributed by atoms with E-state index in [4.69, 9.17) is 0 Å². The molecule has 1 aliphatic rings. The summed E-state index contributed by atoms with van der Waals surface area (Å²) in [6.45, 7) is 4.54. The van der Waals surface area contributed by atoms with E-state index in [0.717, 1.165) is 28.1 Å². The van der Waals surface area contributed by atoms with Gasteiger partial charge < -0.3 is 15.5 Å². The van der Waals surface area contributed by atoms with Crippen molar-refractivity contribution in [3.05, 3.63) is 87.2 Å². The minimum atomic E-state index is -0.422. The van der Waals surface area contributed by atoms with Crippen LogP contribution in [0.5, 0.6) is 0 Å². The van der Waals surface area contributed by atoms with E-state index in [0.29, 0.717) is 24.2 Å². The highest BCUT2D eigenvalue weighted by Crippen LogP contribution is 2.27. The van der Waals surface area contributed by atoms with Gasteiger partial charge in [-0.05, 0) is 73.7 Å². The summed E-state index contributed by atoms with van der Waals surface area (Å²) in [6.07, 6.45) is 3.08. The van der Waals surface area contributed by atoms with Crippen molar-refractivity contribution in [1.29, 1.82) is 0 Å². The van der Waals surface area contributed by atoms with Gasteiger partial charge in [-0.25, -0.2) is 0 Å². The second-order valence-electron chi connectivity index (χ2n) is 8.00. The first-order valence-corrected chi connectivity index (χ1v) is 11.6. The normalized spacial score (nSPS) is 13.8. The first-order chi connectivity index (χ1) is 15.9. The fraction of sp³-hybridized carbons (Fsp3) is 0.192. The van der Waals surface area contributed by atoms with Crippen LogP contribution in [-0.2, 0) is 9.59 Å². The van der Waals surface area contributed by atoms with E-state index in [1.54, 1.807) is 29.2 Å². The van der Waals surface area contributed by atoms with E-state index in [1.165, 1.54) is 11.3 Å². The minimum Gasteiger partial charge on any atom is -0.321 e. The fourth-order valence-corrected chi connectivity index (χ4v) is 4.45. The van der Waals surface area contributed by atoms with Gasteiger partial charge in [-0.15, -0.1) is 11.3 Å². The molecule has 0 radical (unpaired) electrons. The van der Waals surface area contributed by atoms with E-state index < -0.39 is 5.91 Å². The average Bonchev–Trinajstić information content (AvgIpc) is 3.45. The van der Waals surface area contributed by atoms with E-state index in [1.807, 2.05) is 55.6 Å². The van der Waals surface area contributed by atoms with Gasteiger partial charge in [0.25, 0.3) is 11.8 Å². The van der Waals surface area contributed by atoms with Gasteiger partial charge in [0.1, 0.15) is 5.70 Å². The summed E-state index contributed by atoms with van der Waals surface area (Å²) in [5, 5.41) is 7.54. The maximum Gasteiger partial charge on any atom is 0.272 e. The average molecular weight is 460 g/mol. The molecular formula is C26H25N3O3S. The summed E-state index contributed by atoms with van der Waals surface area (Å²) < 4.78 is 0. The van der Waals surface area contributed by atoms with E-state index >= 15 is 0 Å². The molecule has 2 aromatic carbocycles. The first kappa shape index (κ1) is 22.5. The smallest absolute Gasteiger partial charge is 0.272 e. The Balaban J connectivity index is 1.55. The Hall–Kier alpha value is -3.71. The van der Waals surface area contributed by atoms with Crippen molar-refractivity contribution < 1.29 is 14.4 Å². The molecule has 0 saturated carbocycles. The zero-order valence-corrected chi connectivity index (χ0v) is 19.4. The number of amides is 3. The number of anilines is 2. The van der Waals surface area contributed by atoms with Gasteiger partial charge in [-0.1, -0.05) is 23.8 Å². The lowest BCUT2D eigenvalue weighted by Crippen LogP contribution is -2.30. The molecule has 0 bridgehead atoms. The topological polar surface area (TPSA) is 78.5 Å². The number of aryl methyl sites for hydroxylation is 2. The number of hydrogen-bond donors (Lipinski definition) is 2. The molecule has 0 atom stereocenters. The van der Waals surface area contributed by atoms with Gasteiger partial charge in [-0.3, -0.25) is 14.4 Å². The van der Waals surface area contributed by atoms with Crippen LogP contribution >= 0.6 is 11.3 Å². The summed E-state index contributed by atoms with van der Waals surface area (Å²) in [6, 6.07) is 16.4. The van der Waals surface area contributed by atoms with Gasteiger partial charge in [-0.2, -0.15) is 0 Å². The monoisotopic (exact) mass is 459 g/mol. The summed E-state index contributed by atoms with van der Waals surface area (Å²) in [7, 11) is 0. The van der Waals surface area contributed by atoms with Crippen LogP contribution in [0, 0.1) is 13.8 Å². The number of thiophene rings is 1. The molecule has 0 unspecified atom stereocenters. The number of carbonyl (C=O) groups is 3. The number of nitrogens with zero attached hydrogens (tertiary/aromatic N) is 1. The SMILES string of the molecule is Cc1cccc(C(=O)N/C(=C\c2cccs2)C(=O)Nc2ccc(N3CCCC3=O)c(C)c2)c1. The van der Waals surface area contributed by atoms with E-state index in [-0.39, 0.29) is 17.5 Å². The molecule has 2 heterocycles. The molecule has 0 aliphatic carbocycles. The van der Waals surface area contributed by atoms with Crippen molar-refractivity contribution in [3.63, 3.8) is 0 Å². The number of rotatable bonds is 6. The summed E-state index contributed by atoms with van der Waals surface area (Å²) in [5.74, 6) is -0.653. The second kappa shape index (κ2) is 9.83. The molecule has 2 N–H and O–H groups in total. The second-order valence-corrected chi connectivity index (χ2v) is 8.98. The highest BCUT2D eigenvalue weighted by molar-refractivity contribution is 7.10. The maximum atomic E-state index is 13.1. The van der Waals surface area contributed by atoms with Crippen molar-refractivity contribution in [3.8, 4) is 0 Å². The third-order valence-corrected chi connectivity index (χ3v) is 6.24. The van der Waals surface area contributed by atoms with Crippen LogP contribution in [0.4, 0.5) is 11.4 Å². The summed E-state index contributed by atoms with van der Waals surface area (Å²) >= 11 is 1.47. The Morgan fingerprint density at radius 3 is 2.58 bits per heavy atom. The van der Waals surface area contributed by atoms with Crippen LogP contribution in [0.3, 0.4) is 0 Å². The maximum absolute atomic E-state index is 13.1. The number of nitrogens with one attached hydrogen (secondary N) is 2. The van der Waals surface area contributed by atoms with Crippen LogP contribution < -0.4 is 15.5 Å². The molecule has 33 heavy (non-hydrogen) atoms. The van der Waals surface area contributed by atoms with Crippen LogP contribution in [0.2, 0.25) is 0 Å². The molecule has 3 aromatic rings. The van der Waals surface area contributed by atoms with Gasteiger partial charge >= 0.3 is 0 Å². The van der Waals surface area contributed by atoms with Gasteiger partial charge in [0.15, 0.2) is 0 Å². The van der Waals surface area contributed by atoms with Crippen LogP contribution in [-0.4, -0.2) is 24.3 Å². The van der Waals surface area contributed by atoms with Crippen LogP contribution in [0.25, 0.3) is 6.08 Å². The van der Waals surface area contributed by atoms with Crippen molar-refractivity contribution in [2.45, 2.75) is 26.7 Å². The molecule has 6 nitrogen and oxygen atoms in total. The highest BCUT2D eigenvalue weighted by Gasteiger charge is 2.23. The van der Waals surface area contributed by atoms with Gasteiger partial charge in [0.2, 0.25) is 5.91 Å². The lowest BCUT2D eigenvalue weighted by atomic mass is 10.1. The Morgan fingerprint density at radius 2 is 1.91 bits per heavy atom. The molecular weight excluding hydrogens is 434 g/mol. The summed E-state index contributed by atoms with van der Waals surface area (Å²) in [5.41, 5.74) is 3.95. The first-order valence-electron chi connectivity index (χ1n) is 10.8. The standard InChI is InChI=1S/C26H25N3O3S/c1-17-6-3-7-19(14-17)25(31)28-22(16-21-8-5-13-33-21)26(32)27-20-10-11-23(18(2)15-20)29-12-4-9-24(29)30/h3,5-8,10-11,13-16H,4,9,12H2,1-2H3,(H,27,32)(H,28,31)/b22-16-. The van der Waals surface area contributed by atoms with Crippen LogP contribution in [0.15, 0.2) is 65.7 Å². The molecule has 168 valence electrons. The van der Waals surface area contributed by atoms with E-state index in [2.05, 4.69) is 10.6 Å². The number of carbonyl (C=O) groups excluding carboxylic acids is 3. The predicted octanol–water partition coefficient (Wildman–Crippen LogP) is 4.90. The lowest BCUT2D eigenvalue weighted by molar-refractivity contribution is -0.117. The molecule has 1 saturated heterocycles. The zero-order valence-electron chi connectivity index (χ0n) is 18.6. The molecule has 4 rings (SSSR count). The Kier molecular flexibility index (Phi) is 6.70. The lowest BCUT2D eigenvalue weighted by Gasteiger charge is -2.19.